The molecule has 0 aromatic carbocycles. The number of hydrogen-bond donors (Lipinski definition) is 2. The monoisotopic (exact) mass is 233 g/mol. The molecule has 0 radical (unpaired) electrons. The van der Waals surface area contributed by atoms with E-state index in [-0.39, 0.29) is 17.1 Å². The fourth-order valence-electron chi connectivity index (χ4n) is 0.840. The molecule has 0 aliphatic heterocycles. The van der Waals surface area contributed by atoms with E-state index in [2.05, 4.69) is 24.6 Å². The van der Waals surface area contributed by atoms with Crippen LogP contribution in [0.4, 0.5) is 4.79 Å². The van der Waals surface area contributed by atoms with E-state index in [4.69, 9.17) is 5.11 Å². The molecule has 1 aromatic heterocycles. The summed E-state index contributed by atoms with van der Waals surface area (Å²) in [7, 11) is 1.47. The van der Waals surface area contributed by atoms with Crippen molar-refractivity contribution in [3.05, 3.63) is 10.9 Å². The quantitative estimate of drug-likeness (QED) is 0.470. The lowest BCUT2D eigenvalue weighted by Gasteiger charge is -2.03. The van der Waals surface area contributed by atoms with Crippen LogP contribution in [0.5, 0.6) is 5.88 Å². The molecule has 0 fully saturated rings. The number of aliphatic hydroxyl groups is 1. The predicted octanol–water partition coefficient (Wildman–Crippen LogP) is -1.46. The highest BCUT2D eigenvalue weighted by Gasteiger charge is 2.22. The molecule has 0 aliphatic carbocycles. The fourth-order valence-corrected chi connectivity index (χ4v) is 0.840. The molecule has 16 heavy (non-hydrogen) atoms. The van der Waals surface area contributed by atoms with Crippen LogP contribution >= 0.6 is 0 Å². The summed E-state index contributed by atoms with van der Waals surface area (Å²) in [5.74, 6) is -0.489. The summed E-state index contributed by atoms with van der Waals surface area (Å²) in [6.45, 7) is -0.0314. The number of aromatic nitrogens is 2. The molecule has 0 bridgehead atoms. The predicted molar refractivity (Wildman–Crippen MR) is 47.3 cm³/mol. The number of ether oxygens (including phenoxy) is 2. The zero-order chi connectivity index (χ0) is 12.0. The molecule has 90 valence electrons. The second-order valence-corrected chi connectivity index (χ2v) is 2.65. The van der Waals surface area contributed by atoms with Crippen molar-refractivity contribution < 1.29 is 28.9 Å². The van der Waals surface area contributed by atoms with Gasteiger partial charge in [-0.15, -0.1) is 0 Å². The van der Waals surface area contributed by atoms with Crippen molar-refractivity contribution in [1.29, 1.82) is 0 Å². The van der Waals surface area contributed by atoms with E-state index in [9.17, 15) is 10.0 Å². The van der Waals surface area contributed by atoms with Crippen LogP contribution in [0.15, 0.2) is 4.63 Å². The van der Waals surface area contributed by atoms with Crippen LogP contribution in [-0.2, 0) is 11.3 Å². The Bertz CT molecular complexity index is 352. The zero-order valence-corrected chi connectivity index (χ0v) is 8.50. The van der Waals surface area contributed by atoms with E-state index in [0.717, 1.165) is 0 Å². The second kappa shape index (κ2) is 5.88. The summed E-state index contributed by atoms with van der Waals surface area (Å²) in [5.41, 5.74) is -0.156. The maximum atomic E-state index is 11.1. The first-order valence-corrected chi connectivity index (χ1v) is 4.33. The molecule has 0 saturated carbocycles. The number of rotatable bonds is 5. The van der Waals surface area contributed by atoms with Crippen LogP contribution in [0.2, 0.25) is 0 Å². The van der Waals surface area contributed by atoms with Crippen LogP contribution in [-0.4, -0.2) is 36.6 Å². The lowest BCUT2D eigenvalue weighted by atomic mass is 10.5. The molecular weight excluding hydrogens is 222 g/mol. The summed E-state index contributed by atoms with van der Waals surface area (Å²) in [6.07, 6.45) is -0.862. The molecule has 0 aliphatic rings. The number of carbonyl (C=O) groups is 1. The van der Waals surface area contributed by atoms with Gasteiger partial charge in [0.25, 0.3) is 5.69 Å². The number of nitrogens with one attached hydrogen (secondary N) is 1. The minimum Gasteiger partial charge on any atom is -0.387 e. The van der Waals surface area contributed by atoms with Crippen molar-refractivity contribution in [3.8, 4) is 5.88 Å². The third-order valence-electron chi connectivity index (χ3n) is 1.55. The SMILES string of the molecule is COCCNC(=O)Oc1c(CO)no[n+]1[O-]. The Morgan fingerprint density at radius 3 is 3.12 bits per heavy atom. The number of amides is 1. The van der Waals surface area contributed by atoms with Gasteiger partial charge in [-0.3, -0.25) is 4.63 Å². The van der Waals surface area contributed by atoms with Crippen molar-refractivity contribution in [2.75, 3.05) is 20.3 Å². The van der Waals surface area contributed by atoms with Crippen molar-refractivity contribution in [2.24, 2.45) is 0 Å². The van der Waals surface area contributed by atoms with Gasteiger partial charge < -0.3 is 25.1 Å². The average molecular weight is 233 g/mol. The van der Waals surface area contributed by atoms with E-state index >= 15 is 0 Å². The number of hydrogen-bond acceptors (Lipinski definition) is 7. The van der Waals surface area contributed by atoms with E-state index in [1.54, 1.807) is 0 Å². The molecule has 9 nitrogen and oxygen atoms in total. The van der Waals surface area contributed by atoms with Crippen molar-refractivity contribution >= 4 is 6.09 Å². The molecule has 9 heteroatoms. The van der Waals surface area contributed by atoms with Gasteiger partial charge in [0.1, 0.15) is 6.61 Å². The Morgan fingerprint density at radius 2 is 2.50 bits per heavy atom. The van der Waals surface area contributed by atoms with Crippen LogP contribution in [0.3, 0.4) is 0 Å². The average Bonchev–Trinajstić information content (AvgIpc) is 2.61. The first-order valence-electron chi connectivity index (χ1n) is 4.33. The smallest absolute Gasteiger partial charge is 0.387 e. The van der Waals surface area contributed by atoms with Gasteiger partial charge in [0, 0.05) is 18.8 Å². The normalized spacial score (nSPS) is 10.1. The number of nitrogens with zero attached hydrogens (tertiary/aromatic N) is 2. The molecule has 0 unspecified atom stereocenters. The zero-order valence-electron chi connectivity index (χ0n) is 8.50. The lowest BCUT2D eigenvalue weighted by Crippen LogP contribution is -2.34. The Labute approximate surface area is 90.1 Å². The highest BCUT2D eigenvalue weighted by Crippen LogP contribution is 2.09. The van der Waals surface area contributed by atoms with Gasteiger partial charge in [0.2, 0.25) is 0 Å². The van der Waals surface area contributed by atoms with Gasteiger partial charge in [0.15, 0.2) is 0 Å². The van der Waals surface area contributed by atoms with Gasteiger partial charge in [0.05, 0.1) is 6.61 Å². The summed E-state index contributed by atoms with van der Waals surface area (Å²) >= 11 is 0. The molecule has 0 spiro atoms. The molecule has 0 atom stereocenters. The summed E-state index contributed by atoms with van der Waals surface area (Å²) in [6, 6.07) is 0. The Hall–Kier alpha value is -1.87. The maximum absolute atomic E-state index is 11.1. The summed E-state index contributed by atoms with van der Waals surface area (Å²) < 4.78 is 13.4. The first kappa shape index (κ1) is 12.2. The fraction of sp³-hybridized carbons (Fsp3) is 0.571. The standard InChI is InChI=1S/C7H11N3O6/c1-14-3-2-8-7(12)15-6-5(4-11)9-16-10(6)13/h11H,2-4H2,1H3,(H,8,12). The number of aliphatic hydroxyl groups excluding tert-OH is 1. The van der Waals surface area contributed by atoms with E-state index < -0.39 is 18.6 Å². The van der Waals surface area contributed by atoms with Crippen molar-refractivity contribution in [2.45, 2.75) is 6.61 Å². The number of carbonyl (C=O) groups excluding carboxylic acids is 1. The highest BCUT2D eigenvalue weighted by molar-refractivity contribution is 5.69. The van der Waals surface area contributed by atoms with E-state index in [1.165, 1.54) is 7.11 Å². The minimum absolute atomic E-state index is 0.110. The Kier molecular flexibility index (Phi) is 4.48. The van der Waals surface area contributed by atoms with Gasteiger partial charge in [-0.25, -0.2) is 4.79 Å². The molecule has 0 saturated heterocycles. The molecular formula is C7H11N3O6. The van der Waals surface area contributed by atoms with E-state index in [0.29, 0.717) is 6.61 Å². The third-order valence-corrected chi connectivity index (χ3v) is 1.55. The van der Waals surface area contributed by atoms with Gasteiger partial charge in [-0.2, -0.15) is 0 Å². The second-order valence-electron chi connectivity index (χ2n) is 2.65. The van der Waals surface area contributed by atoms with Gasteiger partial charge >= 0.3 is 12.0 Å². The molecule has 1 rings (SSSR count). The topological polar surface area (TPSA) is 121 Å². The van der Waals surface area contributed by atoms with Crippen molar-refractivity contribution in [3.63, 3.8) is 0 Å². The van der Waals surface area contributed by atoms with Crippen LogP contribution in [0.1, 0.15) is 5.69 Å². The largest absolute Gasteiger partial charge is 0.415 e. The molecule has 1 heterocycles. The van der Waals surface area contributed by atoms with Crippen molar-refractivity contribution in [1.82, 2.24) is 10.5 Å². The molecule has 1 aromatic rings. The maximum Gasteiger partial charge on any atom is 0.415 e. The van der Waals surface area contributed by atoms with E-state index in [1.807, 2.05) is 0 Å². The summed E-state index contributed by atoms with van der Waals surface area (Å²) in [4.78, 5) is 11.0. The highest BCUT2D eigenvalue weighted by atomic mass is 16.8. The Balaban J connectivity index is 2.51. The number of methoxy groups -OCH3 is 1. The Morgan fingerprint density at radius 1 is 1.75 bits per heavy atom. The molecule has 2 N–H and O–H groups in total. The lowest BCUT2D eigenvalue weighted by molar-refractivity contribution is -0.804. The van der Waals surface area contributed by atoms with Gasteiger partial charge in [-0.1, -0.05) is 0 Å². The minimum atomic E-state index is -0.862. The van der Waals surface area contributed by atoms with Crippen LogP contribution in [0, 0.1) is 5.21 Å². The van der Waals surface area contributed by atoms with Gasteiger partial charge in [-0.05, 0) is 4.90 Å². The molecule has 1 amide bonds. The third kappa shape index (κ3) is 3.07. The van der Waals surface area contributed by atoms with Crippen LogP contribution < -0.4 is 15.0 Å². The van der Waals surface area contributed by atoms with Crippen LogP contribution in [0.25, 0.3) is 0 Å². The summed E-state index contributed by atoms with van der Waals surface area (Å²) in [5, 5.41) is 25.2. The first-order chi connectivity index (χ1) is 7.69.